The van der Waals surface area contributed by atoms with E-state index in [1.807, 2.05) is 24.3 Å². The maximum absolute atomic E-state index is 11.0. The molecule has 2 aromatic carbocycles. The van der Waals surface area contributed by atoms with Crippen molar-refractivity contribution >= 4 is 17.3 Å². The van der Waals surface area contributed by atoms with Crippen LogP contribution >= 0.6 is 11.6 Å². The first kappa shape index (κ1) is 14.3. The van der Waals surface area contributed by atoms with E-state index >= 15 is 0 Å². The summed E-state index contributed by atoms with van der Waals surface area (Å²) in [5.41, 5.74) is 1.52. The normalized spacial score (nSPS) is 10.3. The van der Waals surface area contributed by atoms with E-state index in [0.717, 1.165) is 12.0 Å². The molecule has 0 N–H and O–H groups in total. The zero-order valence-corrected chi connectivity index (χ0v) is 11.8. The fraction of sp³-hybridized carbons (Fsp3) is 0.200. The van der Waals surface area contributed by atoms with Crippen LogP contribution in [0.1, 0.15) is 18.1 Å². The predicted octanol–water partition coefficient (Wildman–Crippen LogP) is 4.39. The van der Waals surface area contributed by atoms with Crippen molar-refractivity contribution in [1.82, 2.24) is 0 Å². The average Bonchev–Trinajstić information content (AvgIpc) is 2.45. The maximum Gasteiger partial charge on any atom is 0.277 e. The topological polar surface area (TPSA) is 52.4 Å². The van der Waals surface area contributed by atoms with E-state index in [1.54, 1.807) is 12.1 Å². The summed E-state index contributed by atoms with van der Waals surface area (Å²) >= 11 is 6.01. The molecule has 104 valence electrons. The third kappa shape index (κ3) is 3.27. The van der Waals surface area contributed by atoms with Crippen LogP contribution in [0.25, 0.3) is 0 Å². The zero-order valence-electron chi connectivity index (χ0n) is 11.0. The van der Waals surface area contributed by atoms with E-state index in [4.69, 9.17) is 16.3 Å². The lowest BCUT2D eigenvalue weighted by Gasteiger charge is -2.09. The average molecular weight is 292 g/mol. The Morgan fingerprint density at radius 3 is 2.70 bits per heavy atom. The highest BCUT2D eigenvalue weighted by molar-refractivity contribution is 6.31. The summed E-state index contributed by atoms with van der Waals surface area (Å²) < 4.78 is 5.62. The molecule has 4 nitrogen and oxygen atoms in total. The highest BCUT2D eigenvalue weighted by Crippen LogP contribution is 2.27. The van der Waals surface area contributed by atoms with Crippen LogP contribution in [0.5, 0.6) is 5.75 Å². The summed E-state index contributed by atoms with van der Waals surface area (Å²) in [7, 11) is 0. The van der Waals surface area contributed by atoms with Crippen molar-refractivity contribution in [1.29, 1.82) is 0 Å². The maximum atomic E-state index is 11.0. The monoisotopic (exact) mass is 291 g/mol. The summed E-state index contributed by atoms with van der Waals surface area (Å²) in [6, 6.07) is 12.2. The lowest BCUT2D eigenvalue weighted by molar-refractivity contribution is -0.385. The molecular formula is C15H14ClNO3. The van der Waals surface area contributed by atoms with Crippen molar-refractivity contribution < 1.29 is 9.66 Å². The van der Waals surface area contributed by atoms with E-state index in [0.29, 0.717) is 16.3 Å². The highest BCUT2D eigenvalue weighted by Gasteiger charge is 2.17. The largest absolute Gasteiger partial charge is 0.489 e. The number of halogens is 1. The van der Waals surface area contributed by atoms with Gasteiger partial charge in [0, 0.05) is 6.07 Å². The Morgan fingerprint density at radius 2 is 2.00 bits per heavy atom. The van der Waals surface area contributed by atoms with Crippen LogP contribution in [0, 0.1) is 10.1 Å². The van der Waals surface area contributed by atoms with Crippen LogP contribution in [0.4, 0.5) is 5.69 Å². The van der Waals surface area contributed by atoms with Crippen molar-refractivity contribution in [2.45, 2.75) is 20.0 Å². The number of rotatable bonds is 5. The molecule has 0 saturated heterocycles. The van der Waals surface area contributed by atoms with Crippen molar-refractivity contribution in [3.63, 3.8) is 0 Å². The molecule has 5 heteroatoms. The number of ether oxygens (including phenoxy) is 1. The number of benzene rings is 2. The number of aryl methyl sites for hydroxylation is 1. The SMILES string of the molecule is CCc1cccc(OCc2c(Cl)cccc2[N+](=O)[O-])c1. The van der Waals surface area contributed by atoms with Crippen LogP contribution in [0.2, 0.25) is 5.02 Å². The Labute approximate surface area is 122 Å². The van der Waals surface area contributed by atoms with E-state index in [1.165, 1.54) is 6.07 Å². The van der Waals surface area contributed by atoms with Gasteiger partial charge in [-0.25, -0.2) is 0 Å². The van der Waals surface area contributed by atoms with Crippen LogP contribution in [-0.4, -0.2) is 4.92 Å². The highest BCUT2D eigenvalue weighted by atomic mass is 35.5. The Bertz CT molecular complexity index is 628. The molecule has 0 atom stereocenters. The Kier molecular flexibility index (Phi) is 4.58. The predicted molar refractivity (Wildman–Crippen MR) is 78.3 cm³/mol. The van der Waals surface area contributed by atoms with Gasteiger partial charge in [0.05, 0.1) is 15.5 Å². The summed E-state index contributed by atoms with van der Waals surface area (Å²) in [6.45, 7) is 2.13. The van der Waals surface area contributed by atoms with Gasteiger partial charge in [0.25, 0.3) is 5.69 Å². The molecule has 0 saturated carbocycles. The van der Waals surface area contributed by atoms with Crippen LogP contribution < -0.4 is 4.74 Å². The summed E-state index contributed by atoms with van der Waals surface area (Å²) in [6.07, 6.45) is 0.906. The number of nitro benzene ring substituents is 1. The molecule has 0 bridgehead atoms. The molecule has 0 aliphatic heterocycles. The number of hydrogen-bond donors (Lipinski definition) is 0. The van der Waals surface area contributed by atoms with Gasteiger partial charge < -0.3 is 4.74 Å². The zero-order chi connectivity index (χ0) is 14.5. The molecule has 2 aromatic rings. The lowest BCUT2D eigenvalue weighted by Crippen LogP contribution is -2.01. The van der Waals surface area contributed by atoms with Gasteiger partial charge in [0.2, 0.25) is 0 Å². The third-order valence-electron chi connectivity index (χ3n) is 2.98. The minimum absolute atomic E-state index is 0.0239. The second kappa shape index (κ2) is 6.39. The fourth-order valence-electron chi connectivity index (χ4n) is 1.87. The molecule has 0 aliphatic carbocycles. The summed E-state index contributed by atoms with van der Waals surface area (Å²) in [5.74, 6) is 0.679. The third-order valence-corrected chi connectivity index (χ3v) is 3.33. The Morgan fingerprint density at radius 1 is 1.25 bits per heavy atom. The molecule has 0 heterocycles. The van der Waals surface area contributed by atoms with Crippen molar-refractivity contribution in [3.8, 4) is 5.75 Å². The van der Waals surface area contributed by atoms with Crippen molar-refractivity contribution in [3.05, 3.63) is 68.7 Å². The second-order valence-electron chi connectivity index (χ2n) is 4.28. The van der Waals surface area contributed by atoms with Gasteiger partial charge in [-0.3, -0.25) is 10.1 Å². The number of nitrogens with zero attached hydrogens (tertiary/aromatic N) is 1. The Balaban J connectivity index is 2.20. The van der Waals surface area contributed by atoms with E-state index < -0.39 is 4.92 Å². The number of nitro groups is 1. The van der Waals surface area contributed by atoms with Gasteiger partial charge in [0.15, 0.2) is 0 Å². The second-order valence-corrected chi connectivity index (χ2v) is 4.69. The van der Waals surface area contributed by atoms with Crippen LogP contribution in [-0.2, 0) is 13.0 Å². The lowest BCUT2D eigenvalue weighted by atomic mass is 10.1. The van der Waals surface area contributed by atoms with E-state index in [9.17, 15) is 10.1 Å². The molecule has 0 aliphatic rings. The van der Waals surface area contributed by atoms with Crippen LogP contribution in [0.3, 0.4) is 0 Å². The van der Waals surface area contributed by atoms with Gasteiger partial charge in [-0.05, 0) is 30.2 Å². The minimum Gasteiger partial charge on any atom is -0.489 e. The molecule has 0 radical (unpaired) electrons. The van der Waals surface area contributed by atoms with Crippen molar-refractivity contribution in [2.24, 2.45) is 0 Å². The minimum atomic E-state index is -0.451. The fourth-order valence-corrected chi connectivity index (χ4v) is 2.10. The molecule has 20 heavy (non-hydrogen) atoms. The first-order valence-electron chi connectivity index (χ1n) is 6.25. The van der Waals surface area contributed by atoms with E-state index in [-0.39, 0.29) is 12.3 Å². The van der Waals surface area contributed by atoms with Gasteiger partial charge in [0.1, 0.15) is 12.4 Å². The summed E-state index contributed by atoms with van der Waals surface area (Å²) in [4.78, 5) is 10.5. The van der Waals surface area contributed by atoms with Gasteiger partial charge in [-0.1, -0.05) is 36.7 Å². The first-order chi connectivity index (χ1) is 9.61. The van der Waals surface area contributed by atoms with Gasteiger partial charge in [-0.15, -0.1) is 0 Å². The Hall–Kier alpha value is -2.07. The quantitative estimate of drug-likeness (QED) is 0.606. The molecule has 0 amide bonds. The smallest absolute Gasteiger partial charge is 0.277 e. The van der Waals surface area contributed by atoms with Gasteiger partial charge >= 0.3 is 0 Å². The molecule has 0 aromatic heterocycles. The van der Waals surface area contributed by atoms with Crippen LogP contribution in [0.15, 0.2) is 42.5 Å². The van der Waals surface area contributed by atoms with Gasteiger partial charge in [-0.2, -0.15) is 0 Å². The molecule has 0 unspecified atom stereocenters. The number of hydrogen-bond acceptors (Lipinski definition) is 3. The molecular weight excluding hydrogens is 278 g/mol. The molecule has 0 fully saturated rings. The standard InChI is InChI=1S/C15H14ClNO3/c1-2-11-5-3-6-12(9-11)20-10-13-14(16)7-4-8-15(13)17(18)19/h3-9H,2,10H2,1H3. The van der Waals surface area contributed by atoms with Crippen molar-refractivity contribution in [2.75, 3.05) is 0 Å². The molecule has 0 spiro atoms. The molecule has 2 rings (SSSR count). The van der Waals surface area contributed by atoms with E-state index in [2.05, 4.69) is 6.92 Å². The summed E-state index contributed by atoms with van der Waals surface area (Å²) in [5, 5.41) is 11.3. The first-order valence-corrected chi connectivity index (χ1v) is 6.63.